The van der Waals surface area contributed by atoms with E-state index in [4.69, 9.17) is 16.3 Å². The van der Waals surface area contributed by atoms with Gasteiger partial charge in [-0.05, 0) is 43.3 Å². The van der Waals surface area contributed by atoms with Crippen LogP contribution in [0.1, 0.15) is 5.56 Å². The Hall–Kier alpha value is -2.69. The SMILES string of the molecule is Cc1ccc(Nc2cc(OCC3CNC3)c3[nH]c4ccc(Cl)cc4c3c2)cc1. The van der Waals surface area contributed by atoms with E-state index < -0.39 is 0 Å². The van der Waals surface area contributed by atoms with Gasteiger partial charge in [0.1, 0.15) is 5.75 Å². The first-order chi connectivity index (χ1) is 13.7. The van der Waals surface area contributed by atoms with Crippen molar-refractivity contribution in [2.75, 3.05) is 25.0 Å². The van der Waals surface area contributed by atoms with Gasteiger partial charge in [0, 0.05) is 57.8 Å². The van der Waals surface area contributed by atoms with Crippen LogP contribution in [0.25, 0.3) is 21.8 Å². The number of ether oxygens (including phenoxy) is 1. The summed E-state index contributed by atoms with van der Waals surface area (Å²) in [4.78, 5) is 3.51. The molecule has 0 atom stereocenters. The maximum absolute atomic E-state index is 6.26. The predicted octanol–water partition coefficient (Wildman–Crippen LogP) is 5.62. The molecule has 28 heavy (non-hydrogen) atoms. The lowest BCUT2D eigenvalue weighted by Gasteiger charge is -2.27. The van der Waals surface area contributed by atoms with Crippen molar-refractivity contribution in [2.45, 2.75) is 6.92 Å². The third kappa shape index (κ3) is 3.30. The topological polar surface area (TPSA) is 49.1 Å². The molecule has 0 spiro atoms. The minimum atomic E-state index is 0.572. The van der Waals surface area contributed by atoms with Gasteiger partial charge in [0.25, 0.3) is 0 Å². The summed E-state index contributed by atoms with van der Waals surface area (Å²) < 4.78 is 6.24. The summed E-state index contributed by atoms with van der Waals surface area (Å²) >= 11 is 6.26. The van der Waals surface area contributed by atoms with E-state index in [-0.39, 0.29) is 0 Å². The number of H-pyrrole nitrogens is 1. The first-order valence-electron chi connectivity index (χ1n) is 9.58. The van der Waals surface area contributed by atoms with Crippen LogP contribution in [0.3, 0.4) is 0 Å². The van der Waals surface area contributed by atoms with Gasteiger partial charge < -0.3 is 20.4 Å². The van der Waals surface area contributed by atoms with Crippen LogP contribution in [-0.4, -0.2) is 24.7 Å². The zero-order chi connectivity index (χ0) is 19.1. The lowest BCUT2D eigenvalue weighted by molar-refractivity contribution is 0.200. The van der Waals surface area contributed by atoms with Crippen molar-refractivity contribution < 1.29 is 4.74 Å². The third-order valence-corrected chi connectivity index (χ3v) is 5.55. The number of hydrogen-bond donors (Lipinski definition) is 3. The van der Waals surface area contributed by atoms with Crippen LogP contribution in [0.15, 0.2) is 54.6 Å². The van der Waals surface area contributed by atoms with E-state index in [0.717, 1.165) is 57.0 Å². The Kier molecular flexibility index (Phi) is 4.38. The molecule has 0 unspecified atom stereocenters. The van der Waals surface area contributed by atoms with Crippen molar-refractivity contribution in [2.24, 2.45) is 5.92 Å². The second-order valence-corrected chi connectivity index (χ2v) is 7.97. The Bertz CT molecular complexity index is 1150. The van der Waals surface area contributed by atoms with Crippen molar-refractivity contribution in [3.8, 4) is 5.75 Å². The highest BCUT2D eigenvalue weighted by molar-refractivity contribution is 6.32. The summed E-state index contributed by atoms with van der Waals surface area (Å²) in [5.41, 5.74) is 5.36. The second kappa shape index (κ2) is 7.04. The minimum Gasteiger partial charge on any atom is -0.491 e. The second-order valence-electron chi connectivity index (χ2n) is 7.54. The largest absolute Gasteiger partial charge is 0.491 e. The van der Waals surface area contributed by atoms with E-state index in [0.29, 0.717) is 12.5 Å². The number of rotatable bonds is 5. The number of aryl methyl sites for hydroxylation is 1. The number of hydrogen-bond acceptors (Lipinski definition) is 3. The molecule has 3 N–H and O–H groups in total. The van der Waals surface area contributed by atoms with Gasteiger partial charge >= 0.3 is 0 Å². The van der Waals surface area contributed by atoms with Gasteiger partial charge in [-0.15, -0.1) is 0 Å². The Morgan fingerprint density at radius 1 is 1.00 bits per heavy atom. The van der Waals surface area contributed by atoms with Crippen LogP contribution < -0.4 is 15.4 Å². The van der Waals surface area contributed by atoms with Crippen LogP contribution in [0, 0.1) is 12.8 Å². The average Bonchev–Trinajstić information content (AvgIpc) is 3.00. The summed E-state index contributed by atoms with van der Waals surface area (Å²) in [6.07, 6.45) is 0. The van der Waals surface area contributed by atoms with Gasteiger partial charge in [-0.3, -0.25) is 0 Å². The molecule has 1 aliphatic rings. The Balaban J connectivity index is 1.59. The summed E-state index contributed by atoms with van der Waals surface area (Å²) in [5, 5.41) is 9.74. The normalized spacial score (nSPS) is 14.4. The molecule has 0 radical (unpaired) electrons. The fourth-order valence-corrected chi connectivity index (χ4v) is 3.78. The summed E-state index contributed by atoms with van der Waals surface area (Å²) in [6, 6.07) is 18.5. The number of anilines is 2. The lowest BCUT2D eigenvalue weighted by atomic mass is 10.1. The molecule has 1 aromatic heterocycles. The molecule has 1 fully saturated rings. The van der Waals surface area contributed by atoms with Crippen molar-refractivity contribution >= 4 is 44.8 Å². The molecule has 0 saturated carbocycles. The fourth-order valence-electron chi connectivity index (χ4n) is 3.60. The van der Waals surface area contributed by atoms with Gasteiger partial charge in [-0.1, -0.05) is 29.3 Å². The van der Waals surface area contributed by atoms with E-state index in [1.807, 2.05) is 18.2 Å². The van der Waals surface area contributed by atoms with Gasteiger partial charge in [0.05, 0.1) is 12.1 Å². The highest BCUT2D eigenvalue weighted by Gasteiger charge is 2.19. The van der Waals surface area contributed by atoms with E-state index in [1.54, 1.807) is 0 Å². The number of aromatic amines is 1. The van der Waals surface area contributed by atoms with Crippen LogP contribution in [-0.2, 0) is 0 Å². The van der Waals surface area contributed by atoms with Crippen molar-refractivity contribution in [3.63, 3.8) is 0 Å². The number of fused-ring (bicyclic) bond motifs is 3. The molecule has 0 aliphatic carbocycles. The monoisotopic (exact) mass is 391 g/mol. The molecule has 0 bridgehead atoms. The minimum absolute atomic E-state index is 0.572. The number of nitrogens with one attached hydrogen (secondary N) is 3. The van der Waals surface area contributed by atoms with Crippen LogP contribution >= 0.6 is 11.6 Å². The first kappa shape index (κ1) is 17.4. The molecule has 2 heterocycles. The highest BCUT2D eigenvalue weighted by atomic mass is 35.5. The Labute approximate surface area is 168 Å². The molecule has 3 aromatic carbocycles. The summed E-state index contributed by atoms with van der Waals surface area (Å²) in [5.74, 6) is 1.44. The third-order valence-electron chi connectivity index (χ3n) is 5.31. The first-order valence-corrected chi connectivity index (χ1v) is 9.96. The Morgan fingerprint density at radius 2 is 1.82 bits per heavy atom. The summed E-state index contributed by atoms with van der Waals surface area (Å²) in [7, 11) is 0. The van der Waals surface area contributed by atoms with Crippen LogP contribution in [0.2, 0.25) is 5.02 Å². The Morgan fingerprint density at radius 3 is 2.57 bits per heavy atom. The van der Waals surface area contributed by atoms with Crippen LogP contribution in [0.5, 0.6) is 5.75 Å². The molecule has 142 valence electrons. The zero-order valence-corrected chi connectivity index (χ0v) is 16.4. The van der Waals surface area contributed by atoms with Crippen molar-refractivity contribution in [3.05, 3.63) is 65.2 Å². The van der Waals surface area contributed by atoms with Gasteiger partial charge in [-0.2, -0.15) is 0 Å². The molecule has 1 aliphatic heterocycles. The van der Waals surface area contributed by atoms with Crippen LogP contribution in [0.4, 0.5) is 11.4 Å². The average molecular weight is 392 g/mol. The van der Waals surface area contributed by atoms with Crippen molar-refractivity contribution in [1.82, 2.24) is 10.3 Å². The smallest absolute Gasteiger partial charge is 0.145 e. The molecular formula is C23H22ClN3O. The molecule has 4 nitrogen and oxygen atoms in total. The molecule has 0 amide bonds. The number of benzene rings is 3. The van der Waals surface area contributed by atoms with E-state index >= 15 is 0 Å². The quantitative estimate of drug-likeness (QED) is 0.413. The zero-order valence-electron chi connectivity index (χ0n) is 15.7. The molecular weight excluding hydrogens is 370 g/mol. The number of halogens is 1. The predicted molar refractivity (Wildman–Crippen MR) is 117 cm³/mol. The van der Waals surface area contributed by atoms with Gasteiger partial charge in [0.15, 0.2) is 0 Å². The van der Waals surface area contributed by atoms with E-state index in [2.05, 4.69) is 58.9 Å². The lowest BCUT2D eigenvalue weighted by Crippen LogP contribution is -2.45. The standard InChI is InChI=1S/C23H22ClN3O/c1-14-2-5-17(6-3-14)26-18-9-20-19-8-16(24)4-7-21(19)27-23(20)22(10-18)28-13-15-11-25-12-15/h2-10,15,25-27H,11-13H2,1H3. The molecule has 4 aromatic rings. The van der Waals surface area contributed by atoms with Gasteiger partial charge in [0.2, 0.25) is 0 Å². The maximum Gasteiger partial charge on any atom is 0.145 e. The molecule has 5 rings (SSSR count). The van der Waals surface area contributed by atoms with E-state index in [1.165, 1.54) is 5.56 Å². The maximum atomic E-state index is 6.26. The highest BCUT2D eigenvalue weighted by Crippen LogP contribution is 2.37. The van der Waals surface area contributed by atoms with Crippen molar-refractivity contribution in [1.29, 1.82) is 0 Å². The fraction of sp³-hybridized carbons (Fsp3) is 0.217. The number of aromatic nitrogens is 1. The van der Waals surface area contributed by atoms with Gasteiger partial charge in [-0.25, -0.2) is 0 Å². The van der Waals surface area contributed by atoms with E-state index in [9.17, 15) is 0 Å². The molecule has 5 heteroatoms. The molecule has 1 saturated heterocycles. The summed E-state index contributed by atoms with van der Waals surface area (Å²) in [6.45, 7) is 4.85.